The van der Waals surface area contributed by atoms with E-state index in [1.54, 1.807) is 12.8 Å². The lowest BCUT2D eigenvalue weighted by atomic mass is 9.42. The predicted molar refractivity (Wildman–Crippen MR) is 99.3 cm³/mol. The molecular weight excluding hydrogens is 276 g/mol. The minimum absolute atomic E-state index is 0.555. The second kappa shape index (κ2) is 5.63. The zero-order valence-corrected chi connectivity index (χ0v) is 16.0. The molecule has 23 heavy (non-hydrogen) atoms. The van der Waals surface area contributed by atoms with Crippen LogP contribution in [0.5, 0.6) is 0 Å². The predicted octanol–water partition coefficient (Wildman–Crippen LogP) is 7.00. The van der Waals surface area contributed by atoms with Crippen molar-refractivity contribution in [1.29, 1.82) is 0 Å². The highest BCUT2D eigenvalue weighted by molar-refractivity contribution is 5.21. The molecule has 4 saturated carbocycles. The van der Waals surface area contributed by atoms with E-state index in [9.17, 15) is 0 Å². The van der Waals surface area contributed by atoms with Gasteiger partial charge in [-0.1, -0.05) is 38.8 Å². The van der Waals surface area contributed by atoms with E-state index < -0.39 is 0 Å². The third kappa shape index (κ3) is 2.30. The van der Waals surface area contributed by atoms with E-state index in [4.69, 9.17) is 0 Å². The van der Waals surface area contributed by atoms with Crippen LogP contribution in [0.15, 0.2) is 11.6 Å². The molecule has 0 amide bonds. The van der Waals surface area contributed by atoms with Gasteiger partial charge in [0.05, 0.1) is 0 Å². The summed E-state index contributed by atoms with van der Waals surface area (Å²) < 4.78 is 0. The van der Waals surface area contributed by atoms with Crippen LogP contribution >= 0.6 is 0 Å². The molecule has 0 N–H and O–H groups in total. The molecule has 0 bridgehead atoms. The minimum atomic E-state index is 0.555. The fraction of sp³-hybridized carbons (Fsp3) is 0.913. The summed E-state index contributed by atoms with van der Waals surface area (Å²) in [7, 11) is 0. The number of allylic oxidation sites excluding steroid dienone is 2. The Kier molecular flexibility index (Phi) is 3.97. The van der Waals surface area contributed by atoms with Crippen LogP contribution < -0.4 is 0 Å². The summed E-state index contributed by atoms with van der Waals surface area (Å²) in [6.45, 7) is 10.2. The van der Waals surface area contributed by atoms with Gasteiger partial charge in [-0.2, -0.15) is 0 Å². The zero-order chi connectivity index (χ0) is 16.2. The number of rotatable bonds is 0. The number of fused-ring (bicyclic) bond motifs is 5. The van der Waals surface area contributed by atoms with E-state index in [1.165, 1.54) is 51.4 Å². The lowest BCUT2D eigenvalue weighted by Crippen LogP contribution is -2.54. The highest BCUT2D eigenvalue weighted by Gasteiger charge is 2.57. The molecule has 130 valence electrons. The van der Waals surface area contributed by atoms with Crippen LogP contribution in [-0.2, 0) is 0 Å². The molecule has 7 atom stereocenters. The maximum absolute atomic E-state index is 2.71. The molecule has 0 heteroatoms. The smallest absolute Gasteiger partial charge is 0.00854 e. The van der Waals surface area contributed by atoms with Crippen molar-refractivity contribution in [2.45, 2.75) is 91.9 Å². The average Bonchev–Trinajstić information content (AvgIpc) is 2.54. The number of hydrogen-bond acceptors (Lipinski definition) is 0. The molecular formula is C23H38. The SMILES string of the molecule is C/C=C1/CCC[C@H]2[C@@H]3CC[C@H]4C[C@@H](C)CC[C@]4(C)[C@H]3CC[C@]12C. The average molecular weight is 315 g/mol. The maximum Gasteiger partial charge on any atom is -0.00854 e. The highest BCUT2D eigenvalue weighted by atomic mass is 14.6. The molecule has 0 heterocycles. The van der Waals surface area contributed by atoms with Crippen molar-refractivity contribution in [1.82, 2.24) is 0 Å². The molecule has 4 aliphatic carbocycles. The van der Waals surface area contributed by atoms with E-state index in [2.05, 4.69) is 33.8 Å². The van der Waals surface area contributed by atoms with Crippen LogP contribution in [0.1, 0.15) is 91.9 Å². The van der Waals surface area contributed by atoms with E-state index in [0.717, 1.165) is 29.6 Å². The molecule has 4 aliphatic rings. The minimum Gasteiger partial charge on any atom is -0.0879 e. The van der Waals surface area contributed by atoms with E-state index in [-0.39, 0.29) is 0 Å². The van der Waals surface area contributed by atoms with Gasteiger partial charge in [0, 0.05) is 0 Å². The van der Waals surface area contributed by atoms with Crippen molar-refractivity contribution in [3.05, 3.63) is 11.6 Å². The summed E-state index contributed by atoms with van der Waals surface area (Å²) in [5.74, 6) is 5.12. The van der Waals surface area contributed by atoms with Crippen LogP contribution in [0.25, 0.3) is 0 Å². The van der Waals surface area contributed by atoms with Crippen molar-refractivity contribution in [2.75, 3.05) is 0 Å². The molecule has 4 rings (SSSR count). The molecule has 0 unspecified atom stereocenters. The Hall–Kier alpha value is -0.260. The normalized spacial score (nSPS) is 55.0. The summed E-state index contributed by atoms with van der Waals surface area (Å²) in [5.41, 5.74) is 3.06. The maximum atomic E-state index is 2.71. The van der Waals surface area contributed by atoms with Gasteiger partial charge in [-0.05, 0) is 105 Å². The molecule has 0 radical (unpaired) electrons. The number of hydrogen-bond donors (Lipinski definition) is 0. The zero-order valence-electron chi connectivity index (χ0n) is 16.0. The van der Waals surface area contributed by atoms with Gasteiger partial charge in [-0.15, -0.1) is 0 Å². The third-order valence-corrected chi connectivity index (χ3v) is 9.36. The molecule has 0 aromatic rings. The van der Waals surface area contributed by atoms with Gasteiger partial charge < -0.3 is 0 Å². The fourth-order valence-corrected chi connectivity index (χ4v) is 8.00. The van der Waals surface area contributed by atoms with Crippen molar-refractivity contribution in [3.63, 3.8) is 0 Å². The summed E-state index contributed by atoms with van der Waals surface area (Å²) in [6, 6.07) is 0. The second-order valence-electron chi connectivity index (χ2n) is 10.2. The first-order chi connectivity index (χ1) is 11.0. The largest absolute Gasteiger partial charge is 0.0879 e. The molecule has 4 fully saturated rings. The van der Waals surface area contributed by atoms with Gasteiger partial charge in [0.1, 0.15) is 0 Å². The molecule has 0 aromatic carbocycles. The standard InChI is InChI=1S/C23H38/c1-5-17-7-6-8-20-19-10-9-18-15-16(2)11-13-23(18,4)21(19)12-14-22(17,20)3/h5,16,18-21H,6-15H2,1-4H3/b17-5-/t16-,18-,19-,20-,21-,22+,23-/m0/s1. The Morgan fingerprint density at radius 2 is 1.78 bits per heavy atom. The summed E-state index contributed by atoms with van der Waals surface area (Å²) in [4.78, 5) is 0. The Morgan fingerprint density at radius 3 is 2.57 bits per heavy atom. The van der Waals surface area contributed by atoms with Gasteiger partial charge in [-0.3, -0.25) is 0 Å². The monoisotopic (exact) mass is 314 g/mol. The fourth-order valence-electron chi connectivity index (χ4n) is 8.00. The Balaban J connectivity index is 1.64. The van der Waals surface area contributed by atoms with E-state index in [0.29, 0.717) is 10.8 Å². The first-order valence-corrected chi connectivity index (χ1v) is 10.6. The topological polar surface area (TPSA) is 0 Å². The Labute approximate surface area is 144 Å². The van der Waals surface area contributed by atoms with Crippen molar-refractivity contribution < 1.29 is 0 Å². The second-order valence-corrected chi connectivity index (χ2v) is 10.2. The first kappa shape index (κ1) is 16.2. The van der Waals surface area contributed by atoms with Crippen LogP contribution in [0.3, 0.4) is 0 Å². The van der Waals surface area contributed by atoms with Crippen LogP contribution in [-0.4, -0.2) is 0 Å². The third-order valence-electron chi connectivity index (χ3n) is 9.36. The molecule has 0 saturated heterocycles. The van der Waals surface area contributed by atoms with Crippen molar-refractivity contribution >= 4 is 0 Å². The van der Waals surface area contributed by atoms with Gasteiger partial charge >= 0.3 is 0 Å². The van der Waals surface area contributed by atoms with Gasteiger partial charge in [0.25, 0.3) is 0 Å². The molecule has 0 aliphatic heterocycles. The van der Waals surface area contributed by atoms with Crippen LogP contribution in [0.2, 0.25) is 0 Å². The lowest BCUT2D eigenvalue weighted by Gasteiger charge is -2.63. The Bertz CT molecular complexity index is 488. The van der Waals surface area contributed by atoms with Gasteiger partial charge in [-0.25, -0.2) is 0 Å². The van der Waals surface area contributed by atoms with Crippen LogP contribution in [0, 0.1) is 40.4 Å². The van der Waals surface area contributed by atoms with Gasteiger partial charge in [0.2, 0.25) is 0 Å². The molecule has 0 spiro atoms. The highest BCUT2D eigenvalue weighted by Crippen LogP contribution is 2.66. The van der Waals surface area contributed by atoms with E-state index >= 15 is 0 Å². The summed E-state index contributed by atoms with van der Waals surface area (Å²) in [5, 5.41) is 0. The lowest BCUT2D eigenvalue weighted by molar-refractivity contribution is -0.116. The van der Waals surface area contributed by atoms with E-state index in [1.807, 2.05) is 5.57 Å². The van der Waals surface area contributed by atoms with Crippen LogP contribution in [0.4, 0.5) is 0 Å². The summed E-state index contributed by atoms with van der Waals surface area (Å²) in [6.07, 6.45) is 17.5. The molecule has 0 aromatic heterocycles. The summed E-state index contributed by atoms with van der Waals surface area (Å²) >= 11 is 0. The van der Waals surface area contributed by atoms with Gasteiger partial charge in [0.15, 0.2) is 0 Å². The quantitative estimate of drug-likeness (QED) is 0.422. The molecule has 0 nitrogen and oxygen atoms in total. The van der Waals surface area contributed by atoms with Crippen molar-refractivity contribution in [2.24, 2.45) is 40.4 Å². The first-order valence-electron chi connectivity index (χ1n) is 10.6. The van der Waals surface area contributed by atoms with Crippen molar-refractivity contribution in [3.8, 4) is 0 Å². The Morgan fingerprint density at radius 1 is 0.957 bits per heavy atom.